The van der Waals surface area contributed by atoms with Crippen LogP contribution in [0.3, 0.4) is 0 Å². The van der Waals surface area contributed by atoms with Crippen LogP contribution in [0.4, 0.5) is 0 Å². The van der Waals surface area contributed by atoms with Gasteiger partial charge >= 0.3 is 0 Å². The number of thioether (sulfide) groups is 2. The van der Waals surface area contributed by atoms with Gasteiger partial charge in [-0.25, -0.2) is 4.99 Å². The second-order valence-electron chi connectivity index (χ2n) is 5.38. The standard InChI is InChI=1S/C14H28N4OS2.HI/c1-18(2)13(19)10-16-14(15-7-8-20-3)17-11-5-6-12(9-11)21-4;/h11-12H,5-10H2,1-4H3,(H2,15,16,17);1H. The van der Waals surface area contributed by atoms with E-state index in [-0.39, 0.29) is 36.4 Å². The van der Waals surface area contributed by atoms with E-state index in [0.29, 0.717) is 6.04 Å². The minimum atomic E-state index is 0. The Kier molecular flexibility index (Phi) is 12.7. The minimum absolute atomic E-state index is 0. The molecule has 0 saturated heterocycles. The number of aliphatic imine (C=N–C) groups is 1. The molecule has 130 valence electrons. The van der Waals surface area contributed by atoms with Gasteiger partial charge in [-0.3, -0.25) is 4.79 Å². The zero-order valence-electron chi connectivity index (χ0n) is 13.9. The van der Waals surface area contributed by atoms with E-state index < -0.39 is 0 Å². The highest BCUT2D eigenvalue weighted by molar-refractivity contribution is 14.0. The van der Waals surface area contributed by atoms with Crippen molar-refractivity contribution in [1.82, 2.24) is 15.5 Å². The van der Waals surface area contributed by atoms with Crippen molar-refractivity contribution in [3.05, 3.63) is 0 Å². The van der Waals surface area contributed by atoms with Crippen LogP contribution in [0.25, 0.3) is 0 Å². The van der Waals surface area contributed by atoms with Crippen LogP contribution >= 0.6 is 47.5 Å². The molecule has 1 aliphatic carbocycles. The van der Waals surface area contributed by atoms with Crippen LogP contribution in [0.5, 0.6) is 0 Å². The van der Waals surface area contributed by atoms with E-state index in [4.69, 9.17) is 0 Å². The maximum absolute atomic E-state index is 11.7. The number of nitrogens with one attached hydrogen (secondary N) is 2. The SMILES string of the molecule is CSCCNC(=NCC(=O)N(C)C)NC1CCC(SC)C1.I. The highest BCUT2D eigenvalue weighted by Gasteiger charge is 2.24. The van der Waals surface area contributed by atoms with E-state index >= 15 is 0 Å². The molecular weight excluding hydrogens is 431 g/mol. The summed E-state index contributed by atoms with van der Waals surface area (Å²) in [6.45, 7) is 1.06. The third-order valence-corrected chi connectivity index (χ3v) is 5.24. The number of amides is 1. The Bertz CT molecular complexity index is 356. The average molecular weight is 460 g/mol. The van der Waals surface area contributed by atoms with Crippen molar-refractivity contribution >= 4 is 59.4 Å². The lowest BCUT2D eigenvalue weighted by Gasteiger charge is -2.18. The van der Waals surface area contributed by atoms with Gasteiger partial charge in [-0.05, 0) is 31.8 Å². The Hall–Kier alpha value is 0.170. The molecule has 0 aliphatic heterocycles. The van der Waals surface area contributed by atoms with Crippen molar-refractivity contribution in [2.45, 2.75) is 30.6 Å². The summed E-state index contributed by atoms with van der Waals surface area (Å²) in [6, 6.07) is 0.470. The Morgan fingerprint density at radius 2 is 2.05 bits per heavy atom. The molecule has 1 amide bonds. The molecule has 0 aromatic heterocycles. The van der Waals surface area contributed by atoms with E-state index in [2.05, 4.69) is 28.1 Å². The molecule has 0 radical (unpaired) electrons. The number of carbonyl (C=O) groups is 1. The number of hydrogen-bond donors (Lipinski definition) is 2. The van der Waals surface area contributed by atoms with E-state index in [0.717, 1.165) is 23.5 Å². The monoisotopic (exact) mass is 460 g/mol. The third kappa shape index (κ3) is 8.71. The van der Waals surface area contributed by atoms with Crippen LogP contribution in [0.2, 0.25) is 0 Å². The molecule has 1 rings (SSSR count). The molecular formula is C14H29IN4OS2. The molecule has 0 bridgehead atoms. The van der Waals surface area contributed by atoms with Crippen LogP contribution < -0.4 is 10.6 Å². The van der Waals surface area contributed by atoms with Crippen LogP contribution in [-0.2, 0) is 4.79 Å². The highest BCUT2D eigenvalue weighted by atomic mass is 127. The Balaban J connectivity index is 0.00000441. The van der Waals surface area contributed by atoms with Crippen molar-refractivity contribution in [1.29, 1.82) is 0 Å². The third-order valence-electron chi connectivity index (χ3n) is 3.53. The number of guanidine groups is 1. The van der Waals surface area contributed by atoms with Gasteiger partial charge in [-0.15, -0.1) is 24.0 Å². The molecule has 1 aliphatic rings. The molecule has 5 nitrogen and oxygen atoms in total. The van der Waals surface area contributed by atoms with Gasteiger partial charge < -0.3 is 15.5 Å². The lowest BCUT2D eigenvalue weighted by Crippen LogP contribution is -2.44. The predicted molar refractivity (Wildman–Crippen MR) is 111 cm³/mol. The van der Waals surface area contributed by atoms with Gasteiger partial charge in [0, 0.05) is 37.7 Å². The second-order valence-corrected chi connectivity index (χ2v) is 7.51. The summed E-state index contributed by atoms with van der Waals surface area (Å²) in [5.74, 6) is 1.82. The van der Waals surface area contributed by atoms with Crippen molar-refractivity contribution in [2.24, 2.45) is 4.99 Å². The highest BCUT2D eigenvalue weighted by Crippen LogP contribution is 2.27. The van der Waals surface area contributed by atoms with Gasteiger partial charge in [0.1, 0.15) is 6.54 Å². The Labute approximate surface area is 160 Å². The van der Waals surface area contributed by atoms with Gasteiger partial charge in [-0.2, -0.15) is 23.5 Å². The number of halogens is 1. The smallest absolute Gasteiger partial charge is 0.243 e. The molecule has 22 heavy (non-hydrogen) atoms. The summed E-state index contributed by atoms with van der Waals surface area (Å²) in [4.78, 5) is 17.7. The summed E-state index contributed by atoms with van der Waals surface area (Å²) < 4.78 is 0. The summed E-state index contributed by atoms with van der Waals surface area (Å²) in [7, 11) is 3.51. The molecule has 2 unspecified atom stereocenters. The molecule has 0 aromatic rings. The van der Waals surface area contributed by atoms with Crippen LogP contribution in [-0.4, -0.2) is 73.5 Å². The van der Waals surface area contributed by atoms with E-state index in [1.165, 1.54) is 19.3 Å². The van der Waals surface area contributed by atoms with Crippen LogP contribution in [0.1, 0.15) is 19.3 Å². The van der Waals surface area contributed by atoms with Crippen molar-refractivity contribution in [3.8, 4) is 0 Å². The average Bonchev–Trinajstić information content (AvgIpc) is 2.91. The van der Waals surface area contributed by atoms with Gasteiger partial charge in [-0.1, -0.05) is 0 Å². The predicted octanol–water partition coefficient (Wildman–Crippen LogP) is 1.87. The maximum atomic E-state index is 11.7. The summed E-state index contributed by atoms with van der Waals surface area (Å²) in [5, 5.41) is 7.54. The number of carbonyl (C=O) groups excluding carboxylic acids is 1. The second kappa shape index (κ2) is 12.6. The first-order valence-corrected chi connectivity index (χ1v) is 10.0. The Morgan fingerprint density at radius 3 is 2.59 bits per heavy atom. The lowest BCUT2D eigenvalue weighted by atomic mass is 10.2. The number of hydrogen-bond acceptors (Lipinski definition) is 4. The molecule has 2 N–H and O–H groups in total. The van der Waals surface area contributed by atoms with Gasteiger partial charge in [0.25, 0.3) is 0 Å². The topological polar surface area (TPSA) is 56.7 Å². The lowest BCUT2D eigenvalue weighted by molar-refractivity contribution is -0.127. The first-order chi connectivity index (χ1) is 10.1. The van der Waals surface area contributed by atoms with Crippen molar-refractivity contribution < 1.29 is 4.79 Å². The maximum Gasteiger partial charge on any atom is 0.243 e. The molecule has 0 spiro atoms. The van der Waals surface area contributed by atoms with Gasteiger partial charge in [0.05, 0.1) is 0 Å². The van der Waals surface area contributed by atoms with Crippen molar-refractivity contribution in [2.75, 3.05) is 45.4 Å². The van der Waals surface area contributed by atoms with Crippen LogP contribution in [0.15, 0.2) is 4.99 Å². The largest absolute Gasteiger partial charge is 0.356 e. The van der Waals surface area contributed by atoms with Crippen molar-refractivity contribution in [3.63, 3.8) is 0 Å². The fourth-order valence-electron chi connectivity index (χ4n) is 2.19. The van der Waals surface area contributed by atoms with Crippen LogP contribution in [0, 0.1) is 0 Å². The zero-order chi connectivity index (χ0) is 15.7. The Morgan fingerprint density at radius 1 is 1.32 bits per heavy atom. The first-order valence-electron chi connectivity index (χ1n) is 7.33. The molecule has 2 atom stereocenters. The van der Waals surface area contributed by atoms with E-state index in [1.54, 1.807) is 30.8 Å². The molecule has 1 saturated carbocycles. The molecule has 0 aromatic carbocycles. The van der Waals surface area contributed by atoms with Gasteiger partial charge in [0.2, 0.25) is 5.91 Å². The van der Waals surface area contributed by atoms with E-state index in [1.807, 2.05) is 11.8 Å². The fraction of sp³-hybridized carbons (Fsp3) is 0.857. The quantitative estimate of drug-likeness (QED) is 0.263. The minimum Gasteiger partial charge on any atom is -0.356 e. The molecule has 1 fully saturated rings. The number of likely N-dealkylation sites (N-methyl/N-ethyl adjacent to an activating group) is 1. The normalized spacial score (nSPS) is 21.2. The zero-order valence-corrected chi connectivity index (χ0v) is 17.9. The first kappa shape index (κ1) is 22.2. The summed E-state index contributed by atoms with van der Waals surface area (Å²) in [6.07, 6.45) is 7.87. The number of rotatable bonds is 7. The summed E-state index contributed by atoms with van der Waals surface area (Å²) in [5.41, 5.74) is 0. The van der Waals surface area contributed by atoms with E-state index in [9.17, 15) is 4.79 Å². The number of nitrogens with zero attached hydrogens (tertiary/aromatic N) is 2. The molecule has 8 heteroatoms. The summed E-state index contributed by atoms with van der Waals surface area (Å²) >= 11 is 3.74. The van der Waals surface area contributed by atoms with Gasteiger partial charge in [0.15, 0.2) is 5.96 Å². The molecule has 0 heterocycles. The fourth-order valence-corrected chi connectivity index (χ4v) is 3.29.